The third-order valence-corrected chi connectivity index (χ3v) is 4.19. The second kappa shape index (κ2) is 9.29. The molecule has 7 nitrogen and oxygen atoms in total. The second-order valence-electron chi connectivity index (χ2n) is 5.26. The molecule has 21 heavy (non-hydrogen) atoms. The highest BCUT2D eigenvalue weighted by Crippen LogP contribution is 2.19. The molecule has 0 saturated carbocycles. The van der Waals surface area contributed by atoms with E-state index in [0.29, 0.717) is 26.2 Å². The van der Waals surface area contributed by atoms with Crippen molar-refractivity contribution in [1.29, 1.82) is 0 Å². The van der Waals surface area contributed by atoms with E-state index in [1.54, 1.807) is 4.90 Å². The van der Waals surface area contributed by atoms with Crippen molar-refractivity contribution >= 4 is 16.1 Å². The highest BCUT2D eigenvalue weighted by molar-refractivity contribution is 7.86. The summed E-state index contributed by atoms with van der Waals surface area (Å²) in [6.45, 7) is 4.66. The Kier molecular flexibility index (Phi) is 8.09. The molecule has 1 amide bonds. The van der Waals surface area contributed by atoms with Gasteiger partial charge in [-0.15, -0.1) is 3.89 Å². The topological polar surface area (TPSA) is 105 Å². The lowest BCUT2D eigenvalue weighted by Crippen LogP contribution is -2.34. The highest BCUT2D eigenvalue weighted by atomic mass is 32.3. The zero-order valence-electron chi connectivity index (χ0n) is 12.2. The molecule has 9 heteroatoms. The molecule has 124 valence electrons. The zero-order chi connectivity index (χ0) is 15.7. The normalized spacial score (nSPS) is 19.4. The van der Waals surface area contributed by atoms with Crippen molar-refractivity contribution in [2.75, 3.05) is 51.6 Å². The van der Waals surface area contributed by atoms with Crippen LogP contribution in [-0.4, -0.2) is 70.8 Å². The molecular formula is C12H25FN4O3S. The van der Waals surface area contributed by atoms with Crippen molar-refractivity contribution in [3.8, 4) is 0 Å². The Morgan fingerprint density at radius 1 is 1.24 bits per heavy atom. The second-order valence-corrected chi connectivity index (χ2v) is 6.67. The number of nitrogens with two attached hydrogens (primary N) is 1. The summed E-state index contributed by atoms with van der Waals surface area (Å²) in [5.74, 6) is -1.09. The van der Waals surface area contributed by atoms with E-state index in [4.69, 9.17) is 5.73 Å². The van der Waals surface area contributed by atoms with Crippen LogP contribution >= 0.6 is 0 Å². The van der Waals surface area contributed by atoms with Gasteiger partial charge in [0, 0.05) is 45.1 Å². The van der Waals surface area contributed by atoms with Crippen LogP contribution < -0.4 is 16.4 Å². The van der Waals surface area contributed by atoms with Crippen molar-refractivity contribution in [2.45, 2.75) is 12.8 Å². The number of hydrogen-bond acceptors (Lipinski definition) is 6. The average molecular weight is 324 g/mol. The Labute approximate surface area is 125 Å². The van der Waals surface area contributed by atoms with Crippen molar-refractivity contribution in [3.05, 3.63) is 0 Å². The van der Waals surface area contributed by atoms with Gasteiger partial charge in [-0.2, -0.15) is 8.42 Å². The minimum atomic E-state index is -4.51. The molecule has 0 radical (unpaired) electrons. The lowest BCUT2D eigenvalue weighted by Gasteiger charge is -2.16. The first-order valence-corrected chi connectivity index (χ1v) is 8.79. The van der Waals surface area contributed by atoms with Gasteiger partial charge in [0.2, 0.25) is 5.91 Å². The minimum absolute atomic E-state index is 0.102. The summed E-state index contributed by atoms with van der Waals surface area (Å²) in [5, 5.41) is 6.40. The van der Waals surface area contributed by atoms with Crippen LogP contribution in [0.2, 0.25) is 0 Å². The quantitative estimate of drug-likeness (QED) is 0.321. The smallest absolute Gasteiger partial charge is 0.302 e. The van der Waals surface area contributed by atoms with E-state index in [2.05, 4.69) is 10.6 Å². The molecule has 1 heterocycles. The fraction of sp³-hybridized carbons (Fsp3) is 0.917. The fourth-order valence-electron chi connectivity index (χ4n) is 2.37. The number of amides is 1. The Hall–Kier alpha value is -0.770. The Balaban J connectivity index is 2.09. The van der Waals surface area contributed by atoms with E-state index < -0.39 is 21.9 Å². The van der Waals surface area contributed by atoms with Crippen molar-refractivity contribution in [1.82, 2.24) is 15.5 Å². The maximum atomic E-state index is 12.6. The Bertz CT molecular complexity index is 419. The van der Waals surface area contributed by atoms with E-state index >= 15 is 0 Å². The summed E-state index contributed by atoms with van der Waals surface area (Å²) in [7, 11) is -4.51. The summed E-state index contributed by atoms with van der Waals surface area (Å²) in [5.41, 5.74) is 5.35. The van der Waals surface area contributed by atoms with Crippen LogP contribution in [0.1, 0.15) is 12.8 Å². The van der Waals surface area contributed by atoms with Gasteiger partial charge in [0.05, 0.1) is 5.75 Å². The molecule has 4 N–H and O–H groups in total. The number of rotatable bonds is 11. The third kappa shape index (κ3) is 8.30. The van der Waals surface area contributed by atoms with Crippen LogP contribution in [0, 0.1) is 5.92 Å². The fourth-order valence-corrected chi connectivity index (χ4v) is 3.15. The van der Waals surface area contributed by atoms with Gasteiger partial charge in [0.15, 0.2) is 0 Å². The molecule has 1 saturated heterocycles. The van der Waals surface area contributed by atoms with E-state index in [0.717, 1.165) is 26.1 Å². The van der Waals surface area contributed by atoms with Crippen molar-refractivity contribution < 1.29 is 17.1 Å². The molecule has 0 spiro atoms. The maximum absolute atomic E-state index is 12.6. The molecule has 1 aliphatic rings. The van der Waals surface area contributed by atoms with Crippen molar-refractivity contribution in [3.63, 3.8) is 0 Å². The molecule has 1 fully saturated rings. The zero-order valence-corrected chi connectivity index (χ0v) is 13.0. The molecule has 0 bridgehead atoms. The minimum Gasteiger partial charge on any atom is -0.341 e. The van der Waals surface area contributed by atoms with Gasteiger partial charge >= 0.3 is 10.2 Å². The summed E-state index contributed by atoms with van der Waals surface area (Å²) >= 11 is 0. The van der Waals surface area contributed by atoms with E-state index in [1.165, 1.54) is 0 Å². The van der Waals surface area contributed by atoms with Gasteiger partial charge in [-0.1, -0.05) is 0 Å². The number of carbonyl (C=O) groups is 1. The number of halogens is 1. The van der Waals surface area contributed by atoms with E-state index in [9.17, 15) is 17.1 Å². The van der Waals surface area contributed by atoms with E-state index in [-0.39, 0.29) is 12.3 Å². The van der Waals surface area contributed by atoms with Crippen LogP contribution in [0.25, 0.3) is 0 Å². The number of carbonyl (C=O) groups excluding carboxylic acids is 1. The predicted octanol–water partition coefficient (Wildman–Crippen LogP) is -1.34. The largest absolute Gasteiger partial charge is 0.341 e. The van der Waals surface area contributed by atoms with Gasteiger partial charge in [-0.3, -0.25) is 4.79 Å². The van der Waals surface area contributed by atoms with Crippen LogP contribution in [0.15, 0.2) is 0 Å². The Morgan fingerprint density at radius 2 is 1.90 bits per heavy atom. The number of nitrogens with one attached hydrogen (secondary N) is 2. The maximum Gasteiger partial charge on any atom is 0.302 e. The number of likely N-dealkylation sites (tertiary alicyclic amines) is 1. The first-order chi connectivity index (χ1) is 9.92. The van der Waals surface area contributed by atoms with Gasteiger partial charge < -0.3 is 21.3 Å². The molecule has 0 aliphatic carbocycles. The number of hydrogen-bond donors (Lipinski definition) is 3. The predicted molar refractivity (Wildman–Crippen MR) is 79.0 cm³/mol. The first-order valence-electron chi connectivity index (χ1n) is 7.24. The van der Waals surface area contributed by atoms with Gasteiger partial charge in [0.25, 0.3) is 0 Å². The SMILES string of the molecule is NCCNCCCNCCN1CC(CS(=O)(=O)F)CC1=O. The van der Waals surface area contributed by atoms with Gasteiger partial charge in [-0.25, -0.2) is 0 Å². The highest BCUT2D eigenvalue weighted by Gasteiger charge is 2.32. The van der Waals surface area contributed by atoms with Crippen LogP contribution in [0.4, 0.5) is 3.89 Å². The van der Waals surface area contributed by atoms with Gasteiger partial charge in [-0.05, 0) is 19.5 Å². The van der Waals surface area contributed by atoms with Crippen molar-refractivity contribution in [2.24, 2.45) is 11.7 Å². The molecule has 0 aromatic heterocycles. The summed E-state index contributed by atoms with van der Waals surface area (Å²) in [6, 6.07) is 0. The summed E-state index contributed by atoms with van der Waals surface area (Å²) in [6.07, 6.45) is 1.09. The molecule has 0 aromatic carbocycles. The van der Waals surface area contributed by atoms with Crippen LogP contribution in [0.3, 0.4) is 0 Å². The average Bonchev–Trinajstić information content (AvgIpc) is 2.70. The lowest BCUT2D eigenvalue weighted by molar-refractivity contribution is -0.127. The first kappa shape index (κ1) is 18.3. The van der Waals surface area contributed by atoms with E-state index in [1.807, 2.05) is 0 Å². The summed E-state index contributed by atoms with van der Waals surface area (Å²) < 4.78 is 33.8. The summed E-state index contributed by atoms with van der Waals surface area (Å²) in [4.78, 5) is 13.3. The van der Waals surface area contributed by atoms with Crippen LogP contribution in [0.5, 0.6) is 0 Å². The monoisotopic (exact) mass is 324 g/mol. The Morgan fingerprint density at radius 3 is 2.52 bits per heavy atom. The third-order valence-electron chi connectivity index (χ3n) is 3.32. The molecular weight excluding hydrogens is 299 g/mol. The molecule has 1 unspecified atom stereocenters. The molecule has 0 aromatic rings. The molecule has 1 rings (SSSR count). The lowest BCUT2D eigenvalue weighted by atomic mass is 10.1. The number of nitrogens with zero attached hydrogens (tertiary/aromatic N) is 1. The van der Waals surface area contributed by atoms with Gasteiger partial charge in [0.1, 0.15) is 0 Å². The standard InChI is InChI=1S/C12H25FN4O3S/c13-21(19,20)10-11-8-12(18)17(9-11)7-6-16-4-1-3-15-5-2-14/h11,15-16H,1-10,14H2. The van der Waals surface area contributed by atoms with Crippen LogP contribution in [-0.2, 0) is 15.0 Å². The molecule has 1 aliphatic heterocycles. The molecule has 1 atom stereocenters.